The maximum absolute atomic E-state index is 12.6. The number of benzene rings is 3. The highest BCUT2D eigenvalue weighted by Gasteiger charge is 2.12. The third kappa shape index (κ3) is 12.0. The van der Waals surface area contributed by atoms with Crippen molar-refractivity contribution in [3.05, 3.63) is 109 Å². The maximum Gasteiger partial charge on any atom is 0.343 e. The van der Waals surface area contributed by atoms with Gasteiger partial charge in [0.15, 0.2) is 0 Å². The van der Waals surface area contributed by atoms with Crippen molar-refractivity contribution < 1.29 is 28.5 Å². The van der Waals surface area contributed by atoms with Gasteiger partial charge in [-0.15, -0.1) is 13.2 Å². The Labute approximate surface area is 250 Å². The summed E-state index contributed by atoms with van der Waals surface area (Å²) in [5, 5.41) is 0. The van der Waals surface area contributed by atoms with Gasteiger partial charge in [-0.3, -0.25) is 0 Å². The lowest BCUT2D eigenvalue weighted by Crippen LogP contribution is -2.09. The molecule has 3 aromatic rings. The van der Waals surface area contributed by atoms with E-state index in [4.69, 9.17) is 18.9 Å². The van der Waals surface area contributed by atoms with Crippen LogP contribution in [0.5, 0.6) is 23.0 Å². The Hall–Kier alpha value is -4.32. The molecule has 0 aliphatic carbocycles. The van der Waals surface area contributed by atoms with Crippen molar-refractivity contribution in [3.8, 4) is 23.0 Å². The van der Waals surface area contributed by atoms with Gasteiger partial charge in [-0.25, -0.2) is 9.59 Å². The summed E-state index contributed by atoms with van der Waals surface area (Å²) in [6.45, 7) is 8.76. The van der Waals surface area contributed by atoms with Crippen LogP contribution in [0, 0.1) is 0 Å². The van der Waals surface area contributed by atoms with E-state index in [1.165, 1.54) is 12.8 Å². The van der Waals surface area contributed by atoms with E-state index < -0.39 is 11.9 Å². The van der Waals surface area contributed by atoms with Crippen LogP contribution in [0.4, 0.5) is 0 Å². The summed E-state index contributed by atoms with van der Waals surface area (Å²) in [7, 11) is 0. The monoisotopic (exact) mass is 570 g/mol. The van der Waals surface area contributed by atoms with Gasteiger partial charge in [0.25, 0.3) is 0 Å². The molecule has 6 nitrogen and oxygen atoms in total. The fourth-order valence-corrected chi connectivity index (χ4v) is 4.15. The molecule has 42 heavy (non-hydrogen) atoms. The van der Waals surface area contributed by atoms with E-state index in [1.807, 2.05) is 12.2 Å². The summed E-state index contributed by atoms with van der Waals surface area (Å²) in [4.78, 5) is 25.1. The minimum atomic E-state index is -0.483. The highest BCUT2D eigenvalue weighted by molar-refractivity contribution is 5.92. The average Bonchev–Trinajstić information content (AvgIpc) is 3.01. The molecule has 0 aliphatic heterocycles. The van der Waals surface area contributed by atoms with Gasteiger partial charge in [0.05, 0.1) is 24.3 Å². The zero-order chi connectivity index (χ0) is 29.8. The van der Waals surface area contributed by atoms with Gasteiger partial charge in [-0.05, 0) is 111 Å². The standard InChI is InChI=1S/C36H42O6/c1-3-5-7-9-11-13-27-39-31-19-15-29(16-20-31)35(37)41-33-23-25-34(26-24-33)42-36(38)30-17-21-32(22-18-30)40-28-14-12-10-8-6-4-2/h3-4,15-26H,1-2,5-14,27-28H2. The van der Waals surface area contributed by atoms with Gasteiger partial charge in [-0.2, -0.15) is 0 Å². The van der Waals surface area contributed by atoms with Crippen molar-refractivity contribution in [1.29, 1.82) is 0 Å². The number of rotatable bonds is 20. The second-order valence-corrected chi connectivity index (χ2v) is 9.98. The molecular formula is C36H42O6. The van der Waals surface area contributed by atoms with Crippen LogP contribution in [0.3, 0.4) is 0 Å². The summed E-state index contributed by atoms with van der Waals surface area (Å²) >= 11 is 0. The van der Waals surface area contributed by atoms with E-state index in [0.29, 0.717) is 35.8 Å². The number of ether oxygens (including phenoxy) is 4. The van der Waals surface area contributed by atoms with Crippen molar-refractivity contribution in [2.24, 2.45) is 0 Å². The second kappa shape index (κ2) is 18.9. The molecule has 0 spiro atoms. The van der Waals surface area contributed by atoms with Crippen molar-refractivity contribution >= 4 is 11.9 Å². The largest absolute Gasteiger partial charge is 0.494 e. The van der Waals surface area contributed by atoms with Crippen LogP contribution in [0.1, 0.15) is 84.9 Å². The van der Waals surface area contributed by atoms with E-state index in [2.05, 4.69) is 13.2 Å². The molecule has 222 valence electrons. The number of esters is 2. The summed E-state index contributed by atoms with van der Waals surface area (Å²) in [5.41, 5.74) is 0.830. The van der Waals surface area contributed by atoms with Crippen LogP contribution in [-0.2, 0) is 0 Å². The fourth-order valence-electron chi connectivity index (χ4n) is 4.15. The Kier molecular flexibility index (Phi) is 14.5. The van der Waals surface area contributed by atoms with Crippen LogP contribution in [-0.4, -0.2) is 25.2 Å². The lowest BCUT2D eigenvalue weighted by atomic mass is 10.1. The molecule has 0 saturated carbocycles. The van der Waals surface area contributed by atoms with Crippen LogP contribution < -0.4 is 18.9 Å². The van der Waals surface area contributed by atoms with E-state index in [1.54, 1.807) is 72.8 Å². The van der Waals surface area contributed by atoms with E-state index in [-0.39, 0.29) is 0 Å². The zero-order valence-electron chi connectivity index (χ0n) is 24.4. The molecule has 0 bridgehead atoms. The number of unbranched alkanes of at least 4 members (excludes halogenated alkanes) is 8. The smallest absolute Gasteiger partial charge is 0.343 e. The highest BCUT2D eigenvalue weighted by Crippen LogP contribution is 2.22. The van der Waals surface area contributed by atoms with Crippen molar-refractivity contribution in [2.75, 3.05) is 13.2 Å². The van der Waals surface area contributed by atoms with Gasteiger partial charge >= 0.3 is 11.9 Å². The maximum atomic E-state index is 12.6. The molecule has 0 heterocycles. The Balaban J connectivity index is 1.38. The molecule has 3 rings (SSSR count). The van der Waals surface area contributed by atoms with Crippen LogP contribution in [0.15, 0.2) is 98.1 Å². The number of carbonyl (C=O) groups excluding carboxylic acids is 2. The topological polar surface area (TPSA) is 71.1 Å². The summed E-state index contributed by atoms with van der Waals surface area (Å²) in [5.74, 6) is 1.16. The molecule has 3 aromatic carbocycles. The van der Waals surface area contributed by atoms with Gasteiger partial charge in [0, 0.05) is 0 Å². The Bertz CT molecular complexity index is 1130. The molecule has 0 fully saturated rings. The predicted molar refractivity (Wildman–Crippen MR) is 167 cm³/mol. The Morgan fingerprint density at radius 1 is 0.476 bits per heavy atom. The van der Waals surface area contributed by atoms with Crippen molar-refractivity contribution in [3.63, 3.8) is 0 Å². The molecule has 6 heteroatoms. The minimum Gasteiger partial charge on any atom is -0.494 e. The SMILES string of the molecule is C=CCCCCCCOc1ccc(C(=O)Oc2ccc(OC(=O)c3ccc(OCCCCCCC=C)cc3)cc2)cc1. The first-order chi connectivity index (χ1) is 20.6. The third-order valence-electron chi connectivity index (χ3n) is 6.57. The van der Waals surface area contributed by atoms with E-state index in [9.17, 15) is 9.59 Å². The minimum absolute atomic E-state index is 0.346. The molecule has 0 radical (unpaired) electrons. The van der Waals surface area contributed by atoms with Crippen LogP contribution >= 0.6 is 0 Å². The molecule has 0 N–H and O–H groups in total. The second-order valence-electron chi connectivity index (χ2n) is 9.98. The normalized spacial score (nSPS) is 10.5. The fraction of sp³-hybridized carbons (Fsp3) is 0.333. The molecule has 0 saturated heterocycles. The average molecular weight is 571 g/mol. The first-order valence-electron chi connectivity index (χ1n) is 14.8. The first kappa shape index (κ1) is 32.2. The molecule has 0 aliphatic rings. The first-order valence-corrected chi connectivity index (χ1v) is 14.8. The number of hydrogen-bond donors (Lipinski definition) is 0. The third-order valence-corrected chi connectivity index (χ3v) is 6.57. The van der Waals surface area contributed by atoms with E-state index in [0.717, 1.165) is 62.9 Å². The Morgan fingerprint density at radius 2 is 0.810 bits per heavy atom. The molecule has 0 atom stereocenters. The van der Waals surface area contributed by atoms with Crippen molar-refractivity contribution in [1.82, 2.24) is 0 Å². The summed E-state index contributed by atoms with van der Waals surface area (Å²) in [6.07, 6.45) is 14.9. The van der Waals surface area contributed by atoms with Crippen molar-refractivity contribution in [2.45, 2.75) is 64.2 Å². The number of allylic oxidation sites excluding steroid dienone is 2. The molecule has 0 aromatic heterocycles. The predicted octanol–water partition coefficient (Wildman–Crippen LogP) is 9.16. The molecular weight excluding hydrogens is 528 g/mol. The van der Waals surface area contributed by atoms with Crippen LogP contribution in [0.2, 0.25) is 0 Å². The Morgan fingerprint density at radius 3 is 1.17 bits per heavy atom. The molecule has 0 unspecified atom stereocenters. The lowest BCUT2D eigenvalue weighted by Gasteiger charge is -2.09. The number of hydrogen-bond acceptors (Lipinski definition) is 6. The summed E-state index contributed by atoms with van der Waals surface area (Å²) in [6, 6.07) is 20.1. The molecule has 0 amide bonds. The van der Waals surface area contributed by atoms with Gasteiger partial charge < -0.3 is 18.9 Å². The quantitative estimate of drug-likeness (QED) is 0.0584. The highest BCUT2D eigenvalue weighted by atomic mass is 16.5. The van der Waals surface area contributed by atoms with E-state index >= 15 is 0 Å². The van der Waals surface area contributed by atoms with Gasteiger partial charge in [0.1, 0.15) is 23.0 Å². The zero-order valence-corrected chi connectivity index (χ0v) is 24.4. The van der Waals surface area contributed by atoms with Gasteiger partial charge in [0.2, 0.25) is 0 Å². The van der Waals surface area contributed by atoms with Crippen LogP contribution in [0.25, 0.3) is 0 Å². The lowest BCUT2D eigenvalue weighted by molar-refractivity contribution is 0.0719. The van der Waals surface area contributed by atoms with Gasteiger partial charge in [-0.1, -0.05) is 37.8 Å². The number of carbonyl (C=O) groups is 2. The summed E-state index contributed by atoms with van der Waals surface area (Å²) < 4.78 is 22.4.